The van der Waals surface area contributed by atoms with E-state index in [1.807, 2.05) is 12.3 Å². The summed E-state index contributed by atoms with van der Waals surface area (Å²) in [5.74, 6) is -0.176. The second kappa shape index (κ2) is 7.56. The van der Waals surface area contributed by atoms with E-state index in [9.17, 15) is 4.79 Å². The maximum Gasteiger partial charge on any atom is 0.272 e. The first-order valence-electron chi connectivity index (χ1n) is 10.9. The van der Waals surface area contributed by atoms with Gasteiger partial charge in [0.2, 0.25) is 0 Å². The number of ether oxygens (including phenoxy) is 1. The van der Waals surface area contributed by atoms with Crippen LogP contribution in [0.15, 0.2) is 36.7 Å². The zero-order valence-electron chi connectivity index (χ0n) is 17.4. The molecule has 7 heteroatoms. The fourth-order valence-electron chi connectivity index (χ4n) is 5.09. The van der Waals surface area contributed by atoms with Crippen molar-refractivity contribution in [1.29, 1.82) is 0 Å². The molecule has 4 N–H and O–H groups in total. The summed E-state index contributed by atoms with van der Waals surface area (Å²) in [5.41, 5.74) is 9.95. The van der Waals surface area contributed by atoms with Gasteiger partial charge < -0.3 is 20.8 Å². The summed E-state index contributed by atoms with van der Waals surface area (Å²) >= 11 is 0. The van der Waals surface area contributed by atoms with Crippen LogP contribution in [0.1, 0.15) is 61.1 Å². The van der Waals surface area contributed by atoms with Crippen LogP contribution < -0.4 is 11.1 Å². The van der Waals surface area contributed by atoms with Crippen molar-refractivity contribution in [3.05, 3.63) is 47.9 Å². The molecule has 5 rings (SSSR count). The van der Waals surface area contributed by atoms with E-state index in [0.29, 0.717) is 30.0 Å². The van der Waals surface area contributed by atoms with Crippen LogP contribution in [0.4, 0.5) is 5.69 Å². The van der Waals surface area contributed by atoms with Crippen molar-refractivity contribution < 1.29 is 9.53 Å². The number of benzene rings is 1. The molecule has 3 aromatic rings. The number of amides is 1. The molecule has 0 spiro atoms. The average molecular weight is 408 g/mol. The number of H-pyrrole nitrogens is 1. The van der Waals surface area contributed by atoms with Gasteiger partial charge in [-0.25, -0.2) is 0 Å². The van der Waals surface area contributed by atoms with Crippen molar-refractivity contribution in [2.75, 3.05) is 18.5 Å². The molecule has 2 aliphatic rings. The predicted molar refractivity (Wildman–Crippen MR) is 117 cm³/mol. The molecular formula is C23H29N5O2. The Hall–Kier alpha value is -2.64. The number of nitrogens with two attached hydrogens (primary N) is 1. The monoisotopic (exact) mass is 407 g/mol. The normalized spacial score (nSPS) is 23.3. The molecular weight excluding hydrogens is 378 g/mol. The summed E-state index contributed by atoms with van der Waals surface area (Å²) in [6.07, 6.45) is 9.72. The lowest BCUT2D eigenvalue weighted by atomic mass is 9.76. The van der Waals surface area contributed by atoms with E-state index >= 15 is 0 Å². The first-order chi connectivity index (χ1) is 14.6. The largest absolute Gasteiger partial charge is 0.377 e. The van der Waals surface area contributed by atoms with E-state index in [4.69, 9.17) is 10.5 Å². The Labute approximate surface area is 176 Å². The predicted octanol–water partition coefficient (Wildman–Crippen LogP) is 3.74. The molecule has 3 heterocycles. The standard InChI is InChI=1S/C23H29N5O2/c1-2-23(7-3-4-8-23)16-6-5-15-9-20(27-19(15)10-16)22(29)26-17-11-25-28(12-17)21-14-30-13-18(21)24/h5-6,9-12,18,21,27H,2-4,7-8,13-14,24H2,1H3,(H,26,29)/t18-,21+/m0/s1. The fraction of sp³-hybridized carbons (Fsp3) is 0.478. The molecule has 1 saturated heterocycles. The molecule has 2 fully saturated rings. The van der Waals surface area contributed by atoms with Crippen molar-refractivity contribution in [3.63, 3.8) is 0 Å². The molecule has 30 heavy (non-hydrogen) atoms. The third-order valence-electron chi connectivity index (χ3n) is 7.01. The van der Waals surface area contributed by atoms with Crippen molar-refractivity contribution in [2.45, 2.75) is 56.5 Å². The van der Waals surface area contributed by atoms with Gasteiger partial charge in [-0.1, -0.05) is 31.9 Å². The summed E-state index contributed by atoms with van der Waals surface area (Å²) < 4.78 is 7.17. The topological polar surface area (TPSA) is 98.0 Å². The van der Waals surface area contributed by atoms with Crippen LogP contribution in [0.3, 0.4) is 0 Å². The number of aromatic amines is 1. The molecule has 0 unspecified atom stereocenters. The van der Waals surface area contributed by atoms with E-state index in [1.165, 1.54) is 31.2 Å². The molecule has 1 amide bonds. The molecule has 0 bridgehead atoms. The van der Waals surface area contributed by atoms with Crippen LogP contribution in [0.5, 0.6) is 0 Å². The number of aromatic nitrogens is 3. The molecule has 2 atom stereocenters. The van der Waals surface area contributed by atoms with Gasteiger partial charge in [0.15, 0.2) is 0 Å². The quantitative estimate of drug-likeness (QED) is 0.600. The SMILES string of the molecule is CCC1(c2ccc3cc(C(=O)Nc4cnn([C@@H]5COC[C@@H]5N)c4)[nH]c3c2)CCCC1. The van der Waals surface area contributed by atoms with Gasteiger partial charge in [-0.2, -0.15) is 5.10 Å². The Bertz CT molecular complexity index is 1060. The Morgan fingerprint density at radius 1 is 1.33 bits per heavy atom. The van der Waals surface area contributed by atoms with Crippen LogP contribution in [0.2, 0.25) is 0 Å². The van der Waals surface area contributed by atoms with Gasteiger partial charge in [-0.3, -0.25) is 9.48 Å². The minimum absolute atomic E-state index is 0.00335. The maximum absolute atomic E-state index is 12.8. The number of nitrogens with one attached hydrogen (secondary N) is 2. The van der Waals surface area contributed by atoms with Crippen LogP contribution >= 0.6 is 0 Å². The minimum Gasteiger partial charge on any atom is -0.377 e. The van der Waals surface area contributed by atoms with E-state index in [0.717, 1.165) is 17.3 Å². The molecule has 1 saturated carbocycles. The maximum atomic E-state index is 12.8. The van der Waals surface area contributed by atoms with Crippen molar-refractivity contribution >= 4 is 22.5 Å². The third-order valence-corrected chi connectivity index (χ3v) is 7.01. The lowest BCUT2D eigenvalue weighted by Crippen LogP contribution is -2.31. The summed E-state index contributed by atoms with van der Waals surface area (Å²) in [4.78, 5) is 16.1. The Balaban J connectivity index is 1.35. The van der Waals surface area contributed by atoms with Gasteiger partial charge in [0.05, 0.1) is 37.2 Å². The Kier molecular flexibility index (Phi) is 4.87. The highest BCUT2D eigenvalue weighted by Crippen LogP contribution is 2.44. The van der Waals surface area contributed by atoms with Gasteiger partial charge in [0, 0.05) is 17.1 Å². The molecule has 2 aromatic heterocycles. The molecule has 1 aromatic carbocycles. The first kappa shape index (κ1) is 19.3. The van der Waals surface area contributed by atoms with Crippen molar-refractivity contribution in [1.82, 2.24) is 14.8 Å². The zero-order chi connectivity index (χ0) is 20.7. The van der Waals surface area contributed by atoms with Crippen LogP contribution in [-0.4, -0.2) is 39.9 Å². The molecule has 1 aliphatic heterocycles. The lowest BCUT2D eigenvalue weighted by molar-refractivity contribution is 0.102. The number of nitrogens with zero attached hydrogens (tertiary/aromatic N) is 2. The third kappa shape index (κ3) is 3.32. The second-order valence-electron chi connectivity index (χ2n) is 8.76. The van der Waals surface area contributed by atoms with Gasteiger partial charge >= 0.3 is 0 Å². The molecule has 7 nitrogen and oxygen atoms in total. The van der Waals surface area contributed by atoms with Gasteiger partial charge in [0.1, 0.15) is 5.69 Å². The second-order valence-corrected chi connectivity index (χ2v) is 8.76. The highest BCUT2D eigenvalue weighted by atomic mass is 16.5. The molecule has 0 radical (unpaired) electrons. The summed E-state index contributed by atoms with van der Waals surface area (Å²) in [6, 6.07) is 8.44. The van der Waals surface area contributed by atoms with Gasteiger partial charge in [0.25, 0.3) is 5.91 Å². The smallest absolute Gasteiger partial charge is 0.272 e. The van der Waals surface area contributed by atoms with Gasteiger partial charge in [-0.15, -0.1) is 0 Å². The van der Waals surface area contributed by atoms with E-state index in [1.54, 1.807) is 10.9 Å². The zero-order valence-corrected chi connectivity index (χ0v) is 17.4. The fourth-order valence-corrected chi connectivity index (χ4v) is 5.09. The molecule has 1 aliphatic carbocycles. The van der Waals surface area contributed by atoms with E-state index in [2.05, 4.69) is 40.5 Å². The van der Waals surface area contributed by atoms with E-state index in [-0.39, 0.29) is 18.0 Å². The van der Waals surface area contributed by atoms with Crippen molar-refractivity contribution in [3.8, 4) is 0 Å². The van der Waals surface area contributed by atoms with Crippen LogP contribution in [0.25, 0.3) is 10.9 Å². The summed E-state index contributed by atoms with van der Waals surface area (Å²) in [5, 5.41) is 8.33. The van der Waals surface area contributed by atoms with Crippen molar-refractivity contribution in [2.24, 2.45) is 5.73 Å². The molecule has 158 valence electrons. The number of anilines is 1. The van der Waals surface area contributed by atoms with Crippen LogP contribution in [-0.2, 0) is 10.2 Å². The van der Waals surface area contributed by atoms with Crippen LogP contribution in [0, 0.1) is 0 Å². The Morgan fingerprint density at radius 2 is 2.17 bits per heavy atom. The number of carbonyl (C=O) groups is 1. The highest BCUT2D eigenvalue weighted by molar-refractivity contribution is 6.05. The number of hydrogen-bond acceptors (Lipinski definition) is 4. The minimum atomic E-state index is -0.176. The number of hydrogen-bond donors (Lipinski definition) is 3. The highest BCUT2D eigenvalue weighted by Gasteiger charge is 2.34. The number of carbonyl (C=O) groups excluding carboxylic acids is 1. The first-order valence-corrected chi connectivity index (χ1v) is 10.9. The lowest BCUT2D eigenvalue weighted by Gasteiger charge is -2.28. The summed E-state index contributed by atoms with van der Waals surface area (Å²) in [7, 11) is 0. The Morgan fingerprint density at radius 3 is 2.90 bits per heavy atom. The summed E-state index contributed by atoms with van der Waals surface area (Å²) in [6.45, 7) is 3.36. The number of fused-ring (bicyclic) bond motifs is 1. The van der Waals surface area contributed by atoms with E-state index < -0.39 is 0 Å². The van der Waals surface area contributed by atoms with Gasteiger partial charge in [-0.05, 0) is 42.4 Å². The average Bonchev–Trinajstić information content (AvgIpc) is 3.53. The number of rotatable bonds is 5.